The maximum Gasteiger partial charge on any atom is 0.229 e. The summed E-state index contributed by atoms with van der Waals surface area (Å²) in [5.41, 5.74) is 2.75. The van der Waals surface area contributed by atoms with Crippen molar-refractivity contribution < 1.29 is 4.79 Å². The van der Waals surface area contributed by atoms with E-state index in [1.807, 2.05) is 49.8 Å². The Labute approximate surface area is 164 Å². The summed E-state index contributed by atoms with van der Waals surface area (Å²) in [5, 5.41) is 11.6. The Morgan fingerprint density at radius 3 is 2.81 bits per heavy atom. The lowest BCUT2D eigenvalue weighted by Gasteiger charge is -2.17. The molecule has 0 bridgehead atoms. The maximum atomic E-state index is 12.7. The molecule has 1 saturated heterocycles. The molecule has 1 fully saturated rings. The van der Waals surface area contributed by atoms with Gasteiger partial charge in [0, 0.05) is 37.6 Å². The smallest absolute Gasteiger partial charge is 0.229 e. The second-order valence-electron chi connectivity index (χ2n) is 6.22. The number of fused-ring (bicyclic) bond motifs is 1. The van der Waals surface area contributed by atoms with Crippen molar-refractivity contribution in [2.45, 2.75) is 5.92 Å². The van der Waals surface area contributed by atoms with Crippen LogP contribution < -0.4 is 10.6 Å². The molecule has 8 heteroatoms. The van der Waals surface area contributed by atoms with Crippen molar-refractivity contribution in [1.29, 1.82) is 0 Å². The van der Waals surface area contributed by atoms with Gasteiger partial charge < -0.3 is 10.6 Å². The summed E-state index contributed by atoms with van der Waals surface area (Å²) in [6.45, 7) is 1.46. The molecule has 0 spiro atoms. The summed E-state index contributed by atoms with van der Waals surface area (Å²) in [6, 6.07) is 9.83. The van der Waals surface area contributed by atoms with Crippen LogP contribution in [0.2, 0.25) is 0 Å². The molecule has 0 radical (unpaired) electrons. The number of para-hydroxylation sites is 1. The number of amides is 1. The van der Waals surface area contributed by atoms with E-state index in [2.05, 4.69) is 20.7 Å². The van der Waals surface area contributed by atoms with Crippen molar-refractivity contribution in [1.82, 2.24) is 20.1 Å². The number of nitrogens with zero attached hydrogens (tertiary/aromatic N) is 3. The largest absolute Gasteiger partial charge is 0.324 e. The van der Waals surface area contributed by atoms with E-state index in [9.17, 15) is 4.79 Å². The molecule has 2 N–H and O–H groups in total. The maximum absolute atomic E-state index is 12.7. The Hall–Kier alpha value is -2.15. The predicted molar refractivity (Wildman–Crippen MR) is 107 cm³/mol. The van der Waals surface area contributed by atoms with Gasteiger partial charge in [-0.15, -0.1) is 24.8 Å². The molecule has 0 aliphatic carbocycles. The van der Waals surface area contributed by atoms with Gasteiger partial charge in [0.15, 0.2) is 0 Å². The third-order valence-corrected chi connectivity index (χ3v) is 4.56. The number of hydrogen-bond acceptors (Lipinski definition) is 4. The van der Waals surface area contributed by atoms with Gasteiger partial charge in [0.1, 0.15) is 0 Å². The summed E-state index contributed by atoms with van der Waals surface area (Å²) in [6.07, 6.45) is 5.53. The van der Waals surface area contributed by atoms with Gasteiger partial charge in [0.25, 0.3) is 0 Å². The van der Waals surface area contributed by atoms with Crippen LogP contribution in [0.3, 0.4) is 0 Å². The minimum absolute atomic E-state index is 0. The van der Waals surface area contributed by atoms with Gasteiger partial charge in [-0.2, -0.15) is 5.10 Å². The van der Waals surface area contributed by atoms with E-state index in [1.54, 1.807) is 10.9 Å². The Morgan fingerprint density at radius 1 is 1.23 bits per heavy atom. The first-order valence-electron chi connectivity index (χ1n) is 8.05. The van der Waals surface area contributed by atoms with Gasteiger partial charge in [0.05, 0.1) is 29.5 Å². The van der Waals surface area contributed by atoms with Crippen LogP contribution in [0.15, 0.2) is 48.9 Å². The molecule has 26 heavy (non-hydrogen) atoms. The fourth-order valence-electron chi connectivity index (χ4n) is 3.31. The second-order valence-corrected chi connectivity index (χ2v) is 6.22. The molecule has 138 valence electrons. The van der Waals surface area contributed by atoms with Crippen molar-refractivity contribution in [2.24, 2.45) is 13.0 Å². The van der Waals surface area contributed by atoms with Crippen molar-refractivity contribution >= 4 is 47.3 Å². The molecule has 6 nitrogen and oxygen atoms in total. The highest BCUT2D eigenvalue weighted by Gasteiger charge is 2.34. The van der Waals surface area contributed by atoms with Crippen LogP contribution in [0.25, 0.3) is 10.9 Å². The van der Waals surface area contributed by atoms with Crippen LogP contribution in [0.5, 0.6) is 0 Å². The number of aromatic nitrogens is 3. The molecular formula is C18H21Cl2N5O. The van der Waals surface area contributed by atoms with Crippen LogP contribution in [-0.4, -0.2) is 33.8 Å². The van der Waals surface area contributed by atoms with Crippen LogP contribution in [0.1, 0.15) is 11.5 Å². The third kappa shape index (κ3) is 3.98. The molecule has 0 unspecified atom stereocenters. The number of aryl methyl sites for hydroxylation is 1. The van der Waals surface area contributed by atoms with Gasteiger partial charge in [-0.05, 0) is 17.7 Å². The molecule has 1 aliphatic rings. The van der Waals surface area contributed by atoms with Crippen molar-refractivity contribution in [2.75, 3.05) is 18.4 Å². The Kier molecular flexibility index (Phi) is 6.58. The van der Waals surface area contributed by atoms with Gasteiger partial charge in [0.2, 0.25) is 5.91 Å². The van der Waals surface area contributed by atoms with Crippen LogP contribution in [0, 0.1) is 5.92 Å². The highest BCUT2D eigenvalue weighted by molar-refractivity contribution is 5.95. The summed E-state index contributed by atoms with van der Waals surface area (Å²) in [4.78, 5) is 17.1. The lowest BCUT2D eigenvalue weighted by Crippen LogP contribution is -2.28. The summed E-state index contributed by atoms with van der Waals surface area (Å²) < 4.78 is 1.77. The summed E-state index contributed by atoms with van der Waals surface area (Å²) in [5.74, 6) is 0.0544. The molecular weight excluding hydrogens is 373 g/mol. The number of carbonyl (C=O) groups excluding carboxylic acids is 1. The first-order valence-corrected chi connectivity index (χ1v) is 8.05. The normalized spacial score (nSPS) is 18.8. The minimum atomic E-state index is -0.110. The highest BCUT2D eigenvalue weighted by atomic mass is 35.5. The van der Waals surface area contributed by atoms with E-state index in [1.165, 1.54) is 0 Å². The van der Waals surface area contributed by atoms with Crippen molar-refractivity contribution in [3.63, 3.8) is 0 Å². The van der Waals surface area contributed by atoms with Crippen LogP contribution in [-0.2, 0) is 11.8 Å². The van der Waals surface area contributed by atoms with Gasteiger partial charge in [-0.3, -0.25) is 14.5 Å². The molecule has 4 rings (SSSR count). The molecule has 3 heterocycles. The van der Waals surface area contributed by atoms with Crippen molar-refractivity contribution in [3.05, 3.63) is 54.5 Å². The van der Waals surface area contributed by atoms with Gasteiger partial charge in [-0.25, -0.2) is 0 Å². The van der Waals surface area contributed by atoms with Crippen LogP contribution >= 0.6 is 24.8 Å². The van der Waals surface area contributed by atoms with E-state index in [0.717, 1.165) is 28.7 Å². The Balaban J connectivity index is 0.00000121. The standard InChI is InChI=1S/C18H19N5O.2ClH/c1-23-11-13(7-21-23)15-9-19-10-16(15)18(24)22-14-6-12-4-2-3-5-17(12)20-8-14;;/h2-8,11,15-16,19H,9-10H2,1H3,(H,22,24);2*1H/t15-,16+;;/m1../s1. The van der Waals surface area contributed by atoms with Crippen LogP contribution in [0.4, 0.5) is 5.69 Å². The predicted octanol–water partition coefficient (Wildman–Crippen LogP) is 2.75. The van der Waals surface area contributed by atoms with E-state index >= 15 is 0 Å². The quantitative estimate of drug-likeness (QED) is 0.717. The first-order chi connectivity index (χ1) is 11.7. The zero-order valence-corrected chi connectivity index (χ0v) is 15.9. The first kappa shape index (κ1) is 20.2. The zero-order chi connectivity index (χ0) is 16.5. The van der Waals surface area contributed by atoms with Gasteiger partial charge >= 0.3 is 0 Å². The molecule has 1 aromatic carbocycles. The number of anilines is 1. The number of nitrogens with one attached hydrogen (secondary N) is 2. The number of benzene rings is 1. The Bertz CT molecular complexity index is 898. The molecule has 3 aromatic rings. The topological polar surface area (TPSA) is 71.8 Å². The fourth-order valence-corrected chi connectivity index (χ4v) is 3.31. The fraction of sp³-hybridized carbons (Fsp3) is 0.278. The number of rotatable bonds is 3. The number of halogens is 2. The molecule has 2 atom stereocenters. The summed E-state index contributed by atoms with van der Waals surface area (Å²) in [7, 11) is 1.89. The Morgan fingerprint density at radius 2 is 2.04 bits per heavy atom. The number of carbonyl (C=O) groups is 1. The highest BCUT2D eigenvalue weighted by Crippen LogP contribution is 2.29. The number of pyridine rings is 1. The second kappa shape index (κ2) is 8.49. The summed E-state index contributed by atoms with van der Waals surface area (Å²) >= 11 is 0. The minimum Gasteiger partial charge on any atom is -0.324 e. The van der Waals surface area contributed by atoms with E-state index in [4.69, 9.17) is 0 Å². The van der Waals surface area contributed by atoms with E-state index in [-0.39, 0.29) is 42.6 Å². The molecule has 0 saturated carbocycles. The lowest BCUT2D eigenvalue weighted by atomic mass is 9.90. The monoisotopic (exact) mass is 393 g/mol. The van der Waals surface area contributed by atoms with E-state index in [0.29, 0.717) is 6.54 Å². The lowest BCUT2D eigenvalue weighted by molar-refractivity contribution is -0.119. The molecule has 1 amide bonds. The molecule has 2 aromatic heterocycles. The van der Waals surface area contributed by atoms with Gasteiger partial charge in [-0.1, -0.05) is 18.2 Å². The third-order valence-electron chi connectivity index (χ3n) is 4.56. The number of hydrogen-bond donors (Lipinski definition) is 2. The average molecular weight is 394 g/mol. The average Bonchev–Trinajstić information content (AvgIpc) is 3.23. The SMILES string of the molecule is Cl.Cl.Cn1cc([C@H]2CNC[C@@H]2C(=O)Nc2cnc3ccccc3c2)cn1. The van der Waals surface area contributed by atoms with Crippen molar-refractivity contribution in [3.8, 4) is 0 Å². The van der Waals surface area contributed by atoms with E-state index < -0.39 is 0 Å². The zero-order valence-electron chi connectivity index (χ0n) is 14.3. The molecule has 1 aliphatic heterocycles.